The number of ether oxygens (including phenoxy) is 1. The number of piperidine rings is 1. The Kier molecular flexibility index (Phi) is 4.79. The zero-order valence-corrected chi connectivity index (χ0v) is 19.1. The molecular weight excluding hydrogens is 434 g/mol. The lowest BCUT2D eigenvalue weighted by Crippen LogP contribution is -2.44. The molecule has 1 fully saturated rings. The van der Waals surface area contributed by atoms with Crippen molar-refractivity contribution < 1.29 is 19.7 Å². The molecule has 0 spiro atoms. The van der Waals surface area contributed by atoms with Crippen LogP contribution in [0, 0.1) is 0 Å². The van der Waals surface area contributed by atoms with Crippen LogP contribution in [0.2, 0.25) is 0 Å². The molecule has 0 bridgehead atoms. The van der Waals surface area contributed by atoms with E-state index in [9.17, 15) is 19.8 Å². The smallest absolute Gasteiger partial charge is 0.343 e. The molecule has 1 saturated heterocycles. The van der Waals surface area contributed by atoms with Crippen molar-refractivity contribution in [3.63, 3.8) is 0 Å². The molecule has 1 unspecified atom stereocenters. The average Bonchev–Trinajstić information content (AvgIpc) is 3.21. The molecule has 34 heavy (non-hydrogen) atoms. The van der Waals surface area contributed by atoms with E-state index in [1.54, 1.807) is 29.7 Å². The Morgan fingerprint density at radius 1 is 1.15 bits per heavy atom. The Bertz CT molecular complexity index is 1410. The van der Waals surface area contributed by atoms with Gasteiger partial charge in [-0.2, -0.15) is 0 Å². The maximum atomic E-state index is 13.3. The molecule has 176 valence electrons. The van der Waals surface area contributed by atoms with Gasteiger partial charge in [0.1, 0.15) is 12.4 Å². The van der Waals surface area contributed by atoms with Gasteiger partial charge in [-0.15, -0.1) is 0 Å². The van der Waals surface area contributed by atoms with Crippen LogP contribution in [0.4, 0.5) is 0 Å². The number of fused-ring (bicyclic) bond motifs is 5. The fourth-order valence-electron chi connectivity index (χ4n) is 5.61. The first-order chi connectivity index (χ1) is 16.4. The van der Waals surface area contributed by atoms with Crippen molar-refractivity contribution in [3.05, 3.63) is 56.9 Å². The van der Waals surface area contributed by atoms with E-state index in [0.717, 1.165) is 35.1 Å². The summed E-state index contributed by atoms with van der Waals surface area (Å²) in [6.45, 7) is 4.58. The third-order valence-electron chi connectivity index (χ3n) is 7.61. The second kappa shape index (κ2) is 7.65. The van der Waals surface area contributed by atoms with Gasteiger partial charge < -0.3 is 19.5 Å². The fourth-order valence-corrected chi connectivity index (χ4v) is 5.61. The molecule has 0 radical (unpaired) electrons. The van der Waals surface area contributed by atoms with Crippen molar-refractivity contribution in [3.8, 4) is 17.1 Å². The largest absolute Gasteiger partial charge is 0.508 e. The number of phenols is 1. The van der Waals surface area contributed by atoms with Crippen molar-refractivity contribution in [2.45, 2.75) is 57.9 Å². The number of rotatable bonds is 3. The summed E-state index contributed by atoms with van der Waals surface area (Å²) in [4.78, 5) is 32.9. The second-order valence-electron chi connectivity index (χ2n) is 9.57. The van der Waals surface area contributed by atoms with Crippen molar-refractivity contribution in [2.75, 3.05) is 13.1 Å². The van der Waals surface area contributed by atoms with Crippen LogP contribution < -0.4 is 5.56 Å². The Balaban J connectivity index is 1.50. The predicted molar refractivity (Wildman–Crippen MR) is 125 cm³/mol. The summed E-state index contributed by atoms with van der Waals surface area (Å²) in [5.41, 5.74) is 2.25. The van der Waals surface area contributed by atoms with Crippen molar-refractivity contribution in [2.24, 2.45) is 0 Å². The van der Waals surface area contributed by atoms with Gasteiger partial charge in [0, 0.05) is 28.6 Å². The third-order valence-corrected chi connectivity index (χ3v) is 7.61. The minimum absolute atomic E-state index is 0.110. The standard InChI is InChI=1S/C26H27N3O5/c1-2-26(33)19-11-21-23-15(12-29(21)24(31)18(19)14-34-25(26)32)10-16-17(13-28-8-4-3-5-9-28)22(30)7-6-20(16)27-23/h6-7,10-11,30,33H,2-5,8-9,12-14H2,1H3. The molecule has 1 atom stereocenters. The monoisotopic (exact) mass is 461 g/mol. The number of aromatic hydroxyl groups is 1. The summed E-state index contributed by atoms with van der Waals surface area (Å²) in [5.74, 6) is -0.471. The highest BCUT2D eigenvalue weighted by Crippen LogP contribution is 2.39. The molecule has 1 aromatic carbocycles. The van der Waals surface area contributed by atoms with Gasteiger partial charge in [0.05, 0.1) is 29.0 Å². The SMILES string of the molecule is CCC1(O)C(=O)OCc2c1cc1n(c2=O)Cc2cc3c(CN4CCCCC4)c(O)ccc3nc2-1. The molecule has 8 heteroatoms. The van der Waals surface area contributed by atoms with E-state index in [4.69, 9.17) is 9.72 Å². The number of hydrogen-bond donors (Lipinski definition) is 2. The highest BCUT2D eigenvalue weighted by atomic mass is 16.6. The van der Waals surface area contributed by atoms with E-state index in [1.165, 1.54) is 19.3 Å². The number of pyridine rings is 2. The van der Waals surface area contributed by atoms with E-state index in [-0.39, 0.29) is 24.3 Å². The highest BCUT2D eigenvalue weighted by Gasteiger charge is 2.45. The van der Waals surface area contributed by atoms with Crippen LogP contribution in [0.5, 0.6) is 5.75 Å². The van der Waals surface area contributed by atoms with E-state index in [2.05, 4.69) is 4.90 Å². The first-order valence-electron chi connectivity index (χ1n) is 11.9. The van der Waals surface area contributed by atoms with Gasteiger partial charge in [0.15, 0.2) is 5.60 Å². The summed E-state index contributed by atoms with van der Waals surface area (Å²) in [6, 6.07) is 7.22. The molecule has 0 saturated carbocycles. The van der Waals surface area contributed by atoms with Crippen molar-refractivity contribution >= 4 is 16.9 Å². The number of likely N-dealkylation sites (tertiary alicyclic amines) is 1. The Morgan fingerprint density at radius 3 is 2.71 bits per heavy atom. The quantitative estimate of drug-likeness (QED) is 0.452. The lowest BCUT2D eigenvalue weighted by atomic mass is 9.86. The molecule has 0 amide bonds. The van der Waals surface area contributed by atoms with Gasteiger partial charge in [-0.05, 0) is 56.6 Å². The number of cyclic esters (lactones) is 1. The van der Waals surface area contributed by atoms with Gasteiger partial charge in [0.2, 0.25) is 0 Å². The number of hydrogen-bond acceptors (Lipinski definition) is 7. The van der Waals surface area contributed by atoms with Gasteiger partial charge in [0.25, 0.3) is 5.56 Å². The number of esters is 1. The van der Waals surface area contributed by atoms with Crippen LogP contribution >= 0.6 is 0 Å². The molecule has 2 N–H and O–H groups in total. The number of aromatic nitrogens is 2. The van der Waals surface area contributed by atoms with Crippen LogP contribution in [0.15, 0.2) is 29.1 Å². The van der Waals surface area contributed by atoms with E-state index in [0.29, 0.717) is 35.6 Å². The fraction of sp³-hybridized carbons (Fsp3) is 0.423. The first kappa shape index (κ1) is 21.3. The maximum absolute atomic E-state index is 13.3. The summed E-state index contributed by atoms with van der Waals surface area (Å²) in [5, 5.41) is 22.6. The van der Waals surface area contributed by atoms with Gasteiger partial charge in [-0.3, -0.25) is 9.69 Å². The predicted octanol–water partition coefficient (Wildman–Crippen LogP) is 2.77. The van der Waals surface area contributed by atoms with E-state index in [1.807, 2.05) is 6.07 Å². The number of nitrogens with zero attached hydrogens (tertiary/aromatic N) is 3. The Hall–Kier alpha value is -3.23. The summed E-state index contributed by atoms with van der Waals surface area (Å²) >= 11 is 0. The molecule has 0 aliphatic carbocycles. The molecule has 8 nitrogen and oxygen atoms in total. The van der Waals surface area contributed by atoms with Crippen LogP contribution in [0.3, 0.4) is 0 Å². The number of aliphatic hydroxyl groups is 1. The summed E-state index contributed by atoms with van der Waals surface area (Å²) in [6.07, 6.45) is 3.68. The molecule has 3 aromatic rings. The summed E-state index contributed by atoms with van der Waals surface area (Å²) in [7, 11) is 0. The second-order valence-corrected chi connectivity index (χ2v) is 9.57. The van der Waals surface area contributed by atoms with E-state index < -0.39 is 11.6 Å². The molecule has 3 aliphatic heterocycles. The minimum atomic E-state index is -1.84. The zero-order valence-electron chi connectivity index (χ0n) is 19.1. The number of carbonyl (C=O) groups excluding carboxylic acids is 1. The average molecular weight is 462 g/mol. The van der Waals surface area contributed by atoms with Crippen molar-refractivity contribution in [1.29, 1.82) is 0 Å². The topological polar surface area (TPSA) is 105 Å². The lowest BCUT2D eigenvalue weighted by molar-refractivity contribution is -0.172. The minimum Gasteiger partial charge on any atom is -0.508 e. The number of benzene rings is 1. The van der Waals surface area contributed by atoms with Gasteiger partial charge in [-0.1, -0.05) is 13.3 Å². The number of carbonyl (C=O) groups is 1. The normalized spacial score (nSPS) is 21.8. The molecule has 3 aliphatic rings. The molecular formula is C26H27N3O5. The van der Waals surface area contributed by atoms with Crippen LogP contribution in [-0.2, 0) is 34.8 Å². The maximum Gasteiger partial charge on any atom is 0.343 e. The highest BCUT2D eigenvalue weighted by molar-refractivity contribution is 5.89. The van der Waals surface area contributed by atoms with E-state index >= 15 is 0 Å². The zero-order chi connectivity index (χ0) is 23.6. The van der Waals surface area contributed by atoms with Crippen molar-refractivity contribution in [1.82, 2.24) is 14.5 Å². The first-order valence-corrected chi connectivity index (χ1v) is 11.9. The van der Waals surface area contributed by atoms with Crippen LogP contribution in [-0.4, -0.2) is 43.7 Å². The van der Waals surface area contributed by atoms with Gasteiger partial charge >= 0.3 is 5.97 Å². The summed E-state index contributed by atoms with van der Waals surface area (Å²) < 4.78 is 6.78. The van der Waals surface area contributed by atoms with Crippen LogP contribution in [0.1, 0.15) is 54.9 Å². The lowest BCUT2D eigenvalue weighted by Gasteiger charge is -2.31. The third kappa shape index (κ3) is 3.02. The molecule has 2 aromatic heterocycles. The Labute approximate surface area is 196 Å². The Morgan fingerprint density at radius 2 is 1.94 bits per heavy atom. The molecule has 6 rings (SSSR count). The van der Waals surface area contributed by atoms with Crippen LogP contribution in [0.25, 0.3) is 22.3 Å². The molecule has 5 heterocycles. The van der Waals surface area contributed by atoms with Gasteiger partial charge in [-0.25, -0.2) is 9.78 Å². The number of phenolic OH excluding ortho intramolecular Hbond substituents is 1.